The van der Waals surface area contributed by atoms with Crippen molar-refractivity contribution in [2.24, 2.45) is 0 Å². The number of benzene rings is 1. The number of halogens is 2. The highest BCUT2D eigenvalue weighted by molar-refractivity contribution is 7.09. The van der Waals surface area contributed by atoms with Gasteiger partial charge in [0.25, 0.3) is 0 Å². The van der Waals surface area contributed by atoms with Gasteiger partial charge in [0, 0.05) is 29.9 Å². The summed E-state index contributed by atoms with van der Waals surface area (Å²) in [6.07, 6.45) is 0.760. The molecule has 0 aliphatic rings. The third kappa shape index (κ3) is 3.90. The van der Waals surface area contributed by atoms with Crippen molar-refractivity contribution in [2.45, 2.75) is 19.2 Å². The molecule has 1 aromatic carbocycles. The van der Waals surface area contributed by atoms with E-state index in [2.05, 4.69) is 16.0 Å². The van der Waals surface area contributed by atoms with Crippen LogP contribution >= 0.6 is 11.3 Å². The number of nitrogens with one attached hydrogen (secondary N) is 1. The van der Waals surface area contributed by atoms with E-state index in [4.69, 9.17) is 0 Å². The van der Waals surface area contributed by atoms with Gasteiger partial charge in [-0.25, -0.2) is 8.78 Å². The molecule has 0 spiro atoms. The Morgan fingerprint density at radius 1 is 1.08 bits per heavy atom. The van der Waals surface area contributed by atoms with Crippen LogP contribution in [0.1, 0.15) is 22.2 Å². The van der Waals surface area contributed by atoms with Gasteiger partial charge in [-0.05, 0) is 35.7 Å². The molecular weight excluding hydrogens is 330 g/mol. The molecular formula is C18H18F2N2OS. The van der Waals surface area contributed by atoms with E-state index in [1.807, 2.05) is 29.8 Å². The van der Waals surface area contributed by atoms with Crippen molar-refractivity contribution < 1.29 is 13.9 Å². The molecule has 2 heterocycles. The van der Waals surface area contributed by atoms with E-state index in [0.717, 1.165) is 24.4 Å². The van der Waals surface area contributed by atoms with Gasteiger partial charge in [-0.2, -0.15) is 0 Å². The van der Waals surface area contributed by atoms with Crippen LogP contribution < -0.4 is 5.32 Å². The normalized spacial score (nSPS) is 12.5. The second-order valence-corrected chi connectivity index (χ2v) is 6.52. The second-order valence-electron chi connectivity index (χ2n) is 5.49. The lowest BCUT2D eigenvalue weighted by Gasteiger charge is -2.15. The van der Waals surface area contributed by atoms with Crippen LogP contribution in [0.3, 0.4) is 0 Å². The Kier molecular flexibility index (Phi) is 5.40. The number of aromatic nitrogens is 1. The largest absolute Gasteiger partial charge is 0.387 e. The Labute approximate surface area is 143 Å². The van der Waals surface area contributed by atoms with Gasteiger partial charge in [0.15, 0.2) is 0 Å². The minimum atomic E-state index is -1.23. The van der Waals surface area contributed by atoms with E-state index in [1.54, 1.807) is 11.3 Å². The minimum Gasteiger partial charge on any atom is -0.387 e. The highest BCUT2D eigenvalue weighted by atomic mass is 32.1. The van der Waals surface area contributed by atoms with Crippen molar-refractivity contribution in [3.63, 3.8) is 0 Å². The maximum Gasteiger partial charge on any atom is 0.131 e. The molecule has 0 fully saturated rings. The molecule has 0 bridgehead atoms. The fourth-order valence-corrected chi connectivity index (χ4v) is 3.31. The number of thiophene rings is 1. The molecule has 1 atom stereocenters. The van der Waals surface area contributed by atoms with Crippen LogP contribution in [0, 0.1) is 11.6 Å². The van der Waals surface area contributed by atoms with Gasteiger partial charge in [0.2, 0.25) is 0 Å². The summed E-state index contributed by atoms with van der Waals surface area (Å²) in [5.74, 6) is -1.46. The molecule has 126 valence electrons. The number of aliphatic hydroxyl groups is 1. The first-order chi connectivity index (χ1) is 11.6. The van der Waals surface area contributed by atoms with E-state index in [-0.39, 0.29) is 12.1 Å². The van der Waals surface area contributed by atoms with E-state index in [1.165, 1.54) is 10.9 Å². The molecule has 0 aliphatic carbocycles. The average Bonchev–Trinajstić information content (AvgIpc) is 3.20. The van der Waals surface area contributed by atoms with E-state index in [9.17, 15) is 13.9 Å². The van der Waals surface area contributed by atoms with Crippen molar-refractivity contribution in [2.75, 3.05) is 6.54 Å². The fraction of sp³-hybridized carbons (Fsp3) is 0.222. The smallest absolute Gasteiger partial charge is 0.131 e. The third-order valence-corrected chi connectivity index (χ3v) is 4.67. The van der Waals surface area contributed by atoms with Crippen molar-refractivity contribution in [3.8, 4) is 0 Å². The lowest BCUT2D eigenvalue weighted by Crippen LogP contribution is -2.23. The Morgan fingerprint density at radius 2 is 1.88 bits per heavy atom. The maximum absolute atomic E-state index is 13.6. The molecule has 6 heteroatoms. The van der Waals surface area contributed by atoms with Gasteiger partial charge < -0.3 is 15.0 Å². The molecule has 0 radical (unpaired) electrons. The zero-order valence-electron chi connectivity index (χ0n) is 13.0. The molecule has 3 nitrogen and oxygen atoms in total. The van der Waals surface area contributed by atoms with Gasteiger partial charge in [-0.3, -0.25) is 0 Å². The highest BCUT2D eigenvalue weighted by Crippen LogP contribution is 2.20. The third-order valence-electron chi connectivity index (χ3n) is 3.81. The van der Waals surface area contributed by atoms with Crippen LogP contribution in [-0.4, -0.2) is 16.2 Å². The number of hydrogen-bond acceptors (Lipinski definition) is 3. The van der Waals surface area contributed by atoms with Crippen LogP contribution in [0.4, 0.5) is 8.78 Å². The summed E-state index contributed by atoms with van der Waals surface area (Å²) >= 11 is 1.69. The standard InChI is InChI=1S/C18H18F2N2OS/c19-15-6-1-7-16(20)18(15)17(23)11-21-10-13-4-2-8-22(13)12-14-5-3-9-24-14/h1-9,17,21,23H,10-12H2. The first-order valence-corrected chi connectivity index (χ1v) is 8.52. The lowest BCUT2D eigenvalue weighted by atomic mass is 10.1. The van der Waals surface area contributed by atoms with Gasteiger partial charge in [-0.1, -0.05) is 12.1 Å². The Hall–Kier alpha value is -2.02. The van der Waals surface area contributed by atoms with E-state index in [0.29, 0.717) is 6.54 Å². The fourth-order valence-electron chi connectivity index (χ4n) is 2.60. The lowest BCUT2D eigenvalue weighted by molar-refractivity contribution is 0.164. The van der Waals surface area contributed by atoms with Gasteiger partial charge in [-0.15, -0.1) is 11.3 Å². The van der Waals surface area contributed by atoms with Crippen LogP contribution in [-0.2, 0) is 13.1 Å². The molecule has 3 rings (SSSR count). The summed E-state index contributed by atoms with van der Waals surface area (Å²) in [4.78, 5) is 1.25. The van der Waals surface area contributed by atoms with Crippen molar-refractivity contribution in [1.82, 2.24) is 9.88 Å². The molecule has 0 saturated carbocycles. The Bertz CT molecular complexity index is 766. The first kappa shape index (κ1) is 16.8. The monoisotopic (exact) mass is 348 g/mol. The molecule has 24 heavy (non-hydrogen) atoms. The van der Waals surface area contributed by atoms with Crippen molar-refractivity contribution in [1.29, 1.82) is 0 Å². The predicted octanol–water partition coefficient (Wildman–Crippen LogP) is 3.70. The topological polar surface area (TPSA) is 37.2 Å². The summed E-state index contributed by atoms with van der Waals surface area (Å²) in [6.45, 7) is 1.36. The van der Waals surface area contributed by atoms with E-state index >= 15 is 0 Å². The van der Waals surface area contributed by atoms with Crippen molar-refractivity contribution >= 4 is 11.3 Å². The summed E-state index contributed by atoms with van der Waals surface area (Å²) in [6, 6.07) is 11.6. The molecule has 2 N–H and O–H groups in total. The predicted molar refractivity (Wildman–Crippen MR) is 90.9 cm³/mol. The Morgan fingerprint density at radius 3 is 2.58 bits per heavy atom. The number of nitrogens with zero attached hydrogens (tertiary/aromatic N) is 1. The van der Waals surface area contributed by atoms with Gasteiger partial charge in [0.1, 0.15) is 11.6 Å². The van der Waals surface area contributed by atoms with Crippen LogP contribution in [0.2, 0.25) is 0 Å². The SMILES string of the molecule is OC(CNCc1cccn1Cc1cccs1)c1c(F)cccc1F. The summed E-state index contributed by atoms with van der Waals surface area (Å²) < 4.78 is 29.4. The van der Waals surface area contributed by atoms with Gasteiger partial charge >= 0.3 is 0 Å². The minimum absolute atomic E-state index is 0.0715. The quantitative estimate of drug-likeness (QED) is 0.683. The molecule has 3 aromatic rings. The van der Waals surface area contributed by atoms with Crippen molar-refractivity contribution in [3.05, 3.63) is 81.8 Å². The molecule has 0 amide bonds. The number of rotatable bonds is 7. The Balaban J connectivity index is 1.58. The zero-order valence-corrected chi connectivity index (χ0v) is 13.8. The summed E-state index contributed by atoms with van der Waals surface area (Å²) in [7, 11) is 0. The second kappa shape index (κ2) is 7.70. The highest BCUT2D eigenvalue weighted by Gasteiger charge is 2.17. The number of hydrogen-bond donors (Lipinski definition) is 2. The molecule has 2 aromatic heterocycles. The van der Waals surface area contributed by atoms with Crippen LogP contribution in [0.15, 0.2) is 54.0 Å². The van der Waals surface area contributed by atoms with E-state index < -0.39 is 17.7 Å². The maximum atomic E-state index is 13.6. The zero-order chi connectivity index (χ0) is 16.9. The van der Waals surface area contributed by atoms with Crippen LogP contribution in [0.25, 0.3) is 0 Å². The van der Waals surface area contributed by atoms with Crippen LogP contribution in [0.5, 0.6) is 0 Å². The summed E-state index contributed by atoms with van der Waals surface area (Å²) in [5, 5.41) is 15.1. The molecule has 0 saturated heterocycles. The number of aliphatic hydroxyl groups excluding tert-OH is 1. The summed E-state index contributed by atoms with van der Waals surface area (Å²) in [5.41, 5.74) is 0.753. The first-order valence-electron chi connectivity index (χ1n) is 7.64. The molecule has 0 aliphatic heterocycles. The average molecular weight is 348 g/mol. The van der Waals surface area contributed by atoms with Gasteiger partial charge in [0.05, 0.1) is 18.2 Å². The molecule has 1 unspecified atom stereocenters.